The first-order valence-corrected chi connectivity index (χ1v) is 11.4. The summed E-state index contributed by atoms with van der Waals surface area (Å²) >= 11 is 6.15. The predicted octanol–water partition coefficient (Wildman–Crippen LogP) is 5.11. The molecule has 0 radical (unpaired) electrons. The number of non-ortho nitro benzene ring substituents is 1. The van der Waals surface area contributed by atoms with E-state index in [0.29, 0.717) is 46.2 Å². The zero-order chi connectivity index (χ0) is 25.1. The third-order valence-corrected chi connectivity index (χ3v) is 6.28. The van der Waals surface area contributed by atoms with E-state index < -0.39 is 4.92 Å². The molecule has 0 bridgehead atoms. The quantitative estimate of drug-likeness (QED) is 0.363. The molecule has 0 aliphatic heterocycles. The van der Waals surface area contributed by atoms with Gasteiger partial charge in [0.1, 0.15) is 5.76 Å². The van der Waals surface area contributed by atoms with Crippen LogP contribution in [-0.2, 0) is 17.6 Å². The summed E-state index contributed by atoms with van der Waals surface area (Å²) < 4.78 is 5.91. The van der Waals surface area contributed by atoms with Gasteiger partial charge >= 0.3 is 0 Å². The van der Waals surface area contributed by atoms with Crippen LogP contribution >= 0.6 is 11.6 Å². The molecule has 1 aliphatic carbocycles. The van der Waals surface area contributed by atoms with Gasteiger partial charge in [0.25, 0.3) is 11.6 Å². The molecule has 1 aromatic heterocycles. The van der Waals surface area contributed by atoms with Crippen LogP contribution < -0.4 is 10.7 Å². The topological polar surface area (TPSA) is 127 Å². The number of nitro groups is 1. The highest BCUT2D eigenvalue weighted by molar-refractivity contribution is 6.31. The number of rotatable bonds is 6. The van der Waals surface area contributed by atoms with Crippen LogP contribution in [0.15, 0.2) is 52.0 Å². The van der Waals surface area contributed by atoms with Crippen molar-refractivity contribution in [3.63, 3.8) is 0 Å². The van der Waals surface area contributed by atoms with Crippen LogP contribution in [0, 0.1) is 24.0 Å². The number of hydrazone groups is 1. The summed E-state index contributed by atoms with van der Waals surface area (Å²) in [6.07, 6.45) is 2.08. The molecule has 180 valence electrons. The van der Waals surface area contributed by atoms with Gasteiger partial charge in [-0.05, 0) is 49.9 Å². The fourth-order valence-electron chi connectivity index (χ4n) is 4.01. The van der Waals surface area contributed by atoms with Crippen molar-refractivity contribution in [1.82, 2.24) is 5.43 Å². The Hall–Kier alpha value is -3.98. The Morgan fingerprint density at radius 2 is 1.86 bits per heavy atom. The Labute approximate surface area is 206 Å². The first kappa shape index (κ1) is 24.2. The lowest BCUT2D eigenvalue weighted by molar-refractivity contribution is -0.384. The SMILES string of the molecule is Cc1c(Cl)cccc1NC(=O)c1oc2c(c1C)/C(=N/NC(=O)Cc1ccc([N+](=O)[O-])cc1)CCC2. The molecule has 1 aliphatic rings. The molecule has 0 saturated carbocycles. The van der Waals surface area contributed by atoms with Gasteiger partial charge in [0.05, 0.1) is 17.1 Å². The molecule has 0 atom stereocenters. The molecular formula is C25H23ClN4O5. The number of hydrogen-bond donors (Lipinski definition) is 2. The summed E-state index contributed by atoms with van der Waals surface area (Å²) in [7, 11) is 0. The Bertz CT molecular complexity index is 1340. The average molecular weight is 495 g/mol. The monoisotopic (exact) mass is 494 g/mol. The zero-order valence-electron chi connectivity index (χ0n) is 19.2. The smallest absolute Gasteiger partial charge is 0.291 e. The van der Waals surface area contributed by atoms with Crippen molar-refractivity contribution in [1.29, 1.82) is 0 Å². The van der Waals surface area contributed by atoms with Crippen molar-refractivity contribution >= 4 is 40.5 Å². The van der Waals surface area contributed by atoms with E-state index in [1.54, 1.807) is 25.1 Å². The van der Waals surface area contributed by atoms with E-state index in [0.717, 1.165) is 17.5 Å². The predicted molar refractivity (Wildman–Crippen MR) is 132 cm³/mol. The number of nitro benzene ring substituents is 1. The second-order valence-electron chi connectivity index (χ2n) is 8.27. The highest BCUT2D eigenvalue weighted by atomic mass is 35.5. The maximum Gasteiger partial charge on any atom is 0.291 e. The first-order valence-electron chi connectivity index (χ1n) is 11.0. The van der Waals surface area contributed by atoms with Crippen molar-refractivity contribution in [3.8, 4) is 0 Å². The number of amides is 2. The molecule has 2 amide bonds. The lowest BCUT2D eigenvalue weighted by Crippen LogP contribution is -2.23. The first-order chi connectivity index (χ1) is 16.7. The van der Waals surface area contributed by atoms with E-state index in [4.69, 9.17) is 16.0 Å². The van der Waals surface area contributed by atoms with Gasteiger partial charge in [-0.25, -0.2) is 5.43 Å². The Kier molecular flexibility index (Phi) is 6.97. The van der Waals surface area contributed by atoms with Crippen molar-refractivity contribution in [3.05, 3.63) is 91.4 Å². The minimum atomic E-state index is -0.492. The molecule has 9 nitrogen and oxygen atoms in total. The van der Waals surface area contributed by atoms with E-state index in [-0.39, 0.29) is 29.7 Å². The Balaban J connectivity index is 1.49. The van der Waals surface area contributed by atoms with Gasteiger partial charge in [-0.1, -0.05) is 29.8 Å². The van der Waals surface area contributed by atoms with Crippen LogP contribution in [-0.4, -0.2) is 22.4 Å². The molecule has 0 unspecified atom stereocenters. The third-order valence-electron chi connectivity index (χ3n) is 5.88. The summed E-state index contributed by atoms with van der Waals surface area (Å²) in [5.41, 5.74) is 6.54. The number of carbonyl (C=O) groups is 2. The van der Waals surface area contributed by atoms with Gasteiger partial charge in [-0.15, -0.1) is 0 Å². The second kappa shape index (κ2) is 10.1. The van der Waals surface area contributed by atoms with E-state index in [2.05, 4.69) is 15.8 Å². The molecule has 0 saturated heterocycles. The maximum atomic E-state index is 13.0. The summed E-state index contributed by atoms with van der Waals surface area (Å²) in [5, 5.41) is 18.5. The summed E-state index contributed by atoms with van der Waals surface area (Å²) in [6.45, 7) is 3.61. The molecule has 1 heterocycles. The van der Waals surface area contributed by atoms with Crippen molar-refractivity contribution in [2.75, 3.05) is 5.32 Å². The minimum absolute atomic E-state index is 0.0264. The number of carbonyl (C=O) groups excluding carboxylic acids is 2. The average Bonchev–Trinajstić information content (AvgIpc) is 3.18. The Morgan fingerprint density at radius 1 is 1.11 bits per heavy atom. The van der Waals surface area contributed by atoms with E-state index in [9.17, 15) is 19.7 Å². The van der Waals surface area contributed by atoms with Gasteiger partial charge in [-0.2, -0.15) is 5.10 Å². The normalized spacial score (nSPS) is 13.9. The van der Waals surface area contributed by atoms with Crippen LogP contribution in [0.25, 0.3) is 0 Å². The molecular weight excluding hydrogens is 472 g/mol. The molecule has 0 spiro atoms. The highest BCUT2D eigenvalue weighted by Gasteiger charge is 2.28. The van der Waals surface area contributed by atoms with Crippen LogP contribution in [0.1, 0.15) is 51.4 Å². The summed E-state index contributed by atoms with van der Waals surface area (Å²) in [4.78, 5) is 35.6. The largest absolute Gasteiger partial charge is 0.455 e. The van der Waals surface area contributed by atoms with Gasteiger partial charge in [0.2, 0.25) is 5.91 Å². The summed E-state index contributed by atoms with van der Waals surface area (Å²) in [6, 6.07) is 11.1. The van der Waals surface area contributed by atoms with Crippen molar-refractivity contribution < 1.29 is 18.9 Å². The Morgan fingerprint density at radius 3 is 2.57 bits per heavy atom. The van der Waals surface area contributed by atoms with Gasteiger partial charge < -0.3 is 9.73 Å². The fourth-order valence-corrected chi connectivity index (χ4v) is 4.18. The molecule has 2 N–H and O–H groups in total. The molecule has 10 heteroatoms. The number of hydrogen-bond acceptors (Lipinski definition) is 6. The number of fused-ring (bicyclic) bond motifs is 1. The van der Waals surface area contributed by atoms with Crippen molar-refractivity contribution in [2.24, 2.45) is 5.10 Å². The van der Waals surface area contributed by atoms with Crippen LogP contribution in [0.5, 0.6) is 0 Å². The minimum Gasteiger partial charge on any atom is -0.455 e. The molecule has 0 fully saturated rings. The highest BCUT2D eigenvalue weighted by Crippen LogP contribution is 2.31. The van der Waals surface area contributed by atoms with E-state index in [1.807, 2.05) is 6.92 Å². The fraction of sp³-hybridized carbons (Fsp3) is 0.240. The van der Waals surface area contributed by atoms with E-state index in [1.165, 1.54) is 24.3 Å². The number of halogens is 1. The lowest BCUT2D eigenvalue weighted by Gasteiger charge is -2.13. The number of benzene rings is 2. The third kappa shape index (κ3) is 5.25. The standard InChI is InChI=1S/C25H23ClN4O5/c1-14-18(26)5-3-6-19(14)27-25(32)24-15(2)23-20(7-4-8-21(23)35-24)28-29-22(31)13-16-9-11-17(12-10-16)30(33)34/h3,5-6,9-12H,4,7-8,13H2,1-2H3,(H,27,32)(H,29,31)/b28-20+. The lowest BCUT2D eigenvalue weighted by atomic mass is 9.93. The van der Waals surface area contributed by atoms with E-state index >= 15 is 0 Å². The number of furan rings is 1. The number of aryl methyl sites for hydroxylation is 1. The van der Waals surface area contributed by atoms with Gasteiger partial charge in [-0.3, -0.25) is 19.7 Å². The van der Waals surface area contributed by atoms with Crippen LogP contribution in [0.3, 0.4) is 0 Å². The zero-order valence-corrected chi connectivity index (χ0v) is 19.9. The van der Waals surface area contributed by atoms with Crippen molar-refractivity contribution in [2.45, 2.75) is 39.5 Å². The number of anilines is 1. The molecule has 3 aromatic rings. The van der Waals surface area contributed by atoms with Gasteiger partial charge in [0.15, 0.2) is 5.76 Å². The second-order valence-corrected chi connectivity index (χ2v) is 8.68. The summed E-state index contributed by atoms with van der Waals surface area (Å²) in [5.74, 6) is 0.115. The maximum absolute atomic E-state index is 13.0. The molecule has 4 rings (SSSR count). The van der Waals surface area contributed by atoms with Crippen LogP contribution in [0.4, 0.5) is 11.4 Å². The molecule has 35 heavy (non-hydrogen) atoms. The van der Waals surface area contributed by atoms with Crippen LogP contribution in [0.2, 0.25) is 5.02 Å². The molecule has 2 aromatic carbocycles. The number of nitrogens with zero attached hydrogens (tertiary/aromatic N) is 2. The number of nitrogens with one attached hydrogen (secondary N) is 2. The van der Waals surface area contributed by atoms with Gasteiger partial charge in [0, 0.05) is 40.4 Å².